The Hall–Kier alpha value is -3.61. The standard InChI is InChI=1S/C21H20N2O5/c1-13-18(14(2)28-23-13)12-26-19-9-4-3-8-17(19)21(25)27-11-15-6-5-7-16(10-15)20(22)24/h3-10H,11-12H2,1-2H3,(H2,22,24). The average molecular weight is 380 g/mol. The van der Waals surface area contributed by atoms with Gasteiger partial charge in [-0.15, -0.1) is 0 Å². The number of aromatic nitrogens is 1. The van der Waals surface area contributed by atoms with E-state index < -0.39 is 11.9 Å². The number of esters is 1. The number of hydrogen-bond donors (Lipinski definition) is 1. The van der Waals surface area contributed by atoms with Crippen molar-refractivity contribution in [2.24, 2.45) is 5.73 Å². The second-order valence-corrected chi connectivity index (χ2v) is 6.23. The van der Waals surface area contributed by atoms with Crippen molar-refractivity contribution >= 4 is 11.9 Å². The van der Waals surface area contributed by atoms with E-state index in [2.05, 4.69) is 5.16 Å². The highest BCUT2D eigenvalue weighted by Gasteiger charge is 2.16. The lowest BCUT2D eigenvalue weighted by Crippen LogP contribution is -2.12. The van der Waals surface area contributed by atoms with Crippen molar-refractivity contribution in [1.29, 1.82) is 0 Å². The maximum atomic E-state index is 12.5. The third kappa shape index (κ3) is 4.37. The molecule has 0 radical (unpaired) electrons. The van der Waals surface area contributed by atoms with Crippen LogP contribution < -0.4 is 10.5 Å². The Labute approximate surface area is 162 Å². The molecule has 0 aliphatic rings. The quantitative estimate of drug-likeness (QED) is 0.631. The Morgan fingerprint density at radius 2 is 1.86 bits per heavy atom. The van der Waals surface area contributed by atoms with Gasteiger partial charge in [0.25, 0.3) is 0 Å². The van der Waals surface area contributed by atoms with Gasteiger partial charge in [0, 0.05) is 5.56 Å². The lowest BCUT2D eigenvalue weighted by molar-refractivity contribution is 0.0467. The Bertz CT molecular complexity index is 990. The van der Waals surface area contributed by atoms with E-state index in [4.69, 9.17) is 19.7 Å². The fraction of sp³-hybridized carbons (Fsp3) is 0.190. The third-order valence-electron chi connectivity index (χ3n) is 4.24. The van der Waals surface area contributed by atoms with Crippen molar-refractivity contribution in [3.63, 3.8) is 0 Å². The van der Waals surface area contributed by atoms with Gasteiger partial charge in [-0.05, 0) is 43.7 Å². The molecule has 0 bridgehead atoms. The van der Waals surface area contributed by atoms with E-state index in [0.717, 1.165) is 11.3 Å². The number of para-hydroxylation sites is 1. The van der Waals surface area contributed by atoms with Gasteiger partial charge in [-0.2, -0.15) is 0 Å². The SMILES string of the molecule is Cc1noc(C)c1COc1ccccc1C(=O)OCc1cccc(C(N)=O)c1. The number of benzene rings is 2. The van der Waals surface area contributed by atoms with Gasteiger partial charge >= 0.3 is 5.97 Å². The normalized spacial score (nSPS) is 10.5. The first-order valence-corrected chi connectivity index (χ1v) is 8.65. The van der Waals surface area contributed by atoms with Gasteiger partial charge in [-0.25, -0.2) is 4.79 Å². The minimum absolute atomic E-state index is 0.0121. The number of ether oxygens (including phenoxy) is 2. The van der Waals surface area contributed by atoms with Gasteiger partial charge < -0.3 is 19.7 Å². The first-order chi connectivity index (χ1) is 13.5. The van der Waals surface area contributed by atoms with E-state index in [0.29, 0.717) is 28.2 Å². The molecule has 0 saturated heterocycles. The number of rotatable bonds is 7. The summed E-state index contributed by atoms with van der Waals surface area (Å²) in [5.41, 5.74) is 8.18. The molecule has 28 heavy (non-hydrogen) atoms. The molecule has 3 aromatic rings. The van der Waals surface area contributed by atoms with Gasteiger partial charge in [0.05, 0.1) is 11.3 Å². The van der Waals surface area contributed by atoms with Crippen molar-refractivity contribution in [2.75, 3.05) is 0 Å². The Balaban J connectivity index is 1.69. The molecule has 7 heteroatoms. The average Bonchev–Trinajstić information content (AvgIpc) is 3.02. The van der Waals surface area contributed by atoms with Crippen molar-refractivity contribution in [3.05, 3.63) is 82.2 Å². The second kappa shape index (κ2) is 8.39. The maximum absolute atomic E-state index is 12.5. The molecule has 0 spiro atoms. The Morgan fingerprint density at radius 3 is 2.57 bits per heavy atom. The van der Waals surface area contributed by atoms with Gasteiger partial charge in [0.2, 0.25) is 5.91 Å². The van der Waals surface area contributed by atoms with Crippen LogP contribution in [-0.4, -0.2) is 17.0 Å². The molecule has 7 nitrogen and oxygen atoms in total. The zero-order valence-corrected chi connectivity index (χ0v) is 15.6. The number of primary amides is 1. The summed E-state index contributed by atoms with van der Waals surface area (Å²) in [4.78, 5) is 23.8. The number of aryl methyl sites for hydroxylation is 2. The summed E-state index contributed by atoms with van der Waals surface area (Å²) < 4.78 is 16.3. The fourth-order valence-electron chi connectivity index (χ4n) is 2.66. The van der Waals surface area contributed by atoms with Crippen LogP contribution in [0.3, 0.4) is 0 Å². The van der Waals surface area contributed by atoms with E-state index in [1.165, 1.54) is 0 Å². The van der Waals surface area contributed by atoms with Crippen LogP contribution in [0.15, 0.2) is 53.1 Å². The molecule has 3 rings (SSSR count). The summed E-state index contributed by atoms with van der Waals surface area (Å²) in [6, 6.07) is 13.5. The summed E-state index contributed by atoms with van der Waals surface area (Å²) >= 11 is 0. The topological polar surface area (TPSA) is 105 Å². The molecular weight excluding hydrogens is 360 g/mol. The highest BCUT2D eigenvalue weighted by molar-refractivity contribution is 5.93. The molecule has 2 aromatic carbocycles. The molecule has 0 saturated carbocycles. The number of amides is 1. The molecule has 1 aromatic heterocycles. The predicted octanol–water partition coefficient (Wildman–Crippen LogP) is 3.33. The molecule has 0 atom stereocenters. The van der Waals surface area contributed by atoms with E-state index in [1.54, 1.807) is 55.5 Å². The van der Waals surface area contributed by atoms with Crippen LogP contribution >= 0.6 is 0 Å². The molecule has 0 fully saturated rings. The van der Waals surface area contributed by atoms with E-state index in [9.17, 15) is 9.59 Å². The summed E-state index contributed by atoms with van der Waals surface area (Å²) in [6.07, 6.45) is 0. The van der Waals surface area contributed by atoms with Gasteiger partial charge in [0.15, 0.2) is 0 Å². The molecule has 0 aliphatic carbocycles. The maximum Gasteiger partial charge on any atom is 0.342 e. The number of hydrogen-bond acceptors (Lipinski definition) is 6. The van der Waals surface area contributed by atoms with E-state index in [-0.39, 0.29) is 13.2 Å². The van der Waals surface area contributed by atoms with Crippen LogP contribution in [0, 0.1) is 13.8 Å². The van der Waals surface area contributed by atoms with Gasteiger partial charge in [-0.3, -0.25) is 4.79 Å². The largest absolute Gasteiger partial charge is 0.488 e. The van der Waals surface area contributed by atoms with Crippen LogP contribution in [0.2, 0.25) is 0 Å². The van der Waals surface area contributed by atoms with Crippen LogP contribution in [0.5, 0.6) is 5.75 Å². The zero-order valence-electron chi connectivity index (χ0n) is 15.6. The number of carbonyl (C=O) groups excluding carboxylic acids is 2. The molecular formula is C21H20N2O5. The summed E-state index contributed by atoms with van der Waals surface area (Å²) in [7, 11) is 0. The van der Waals surface area contributed by atoms with Crippen molar-refractivity contribution in [3.8, 4) is 5.75 Å². The number of nitrogens with zero attached hydrogens (tertiary/aromatic N) is 1. The first kappa shape index (κ1) is 19.2. The van der Waals surface area contributed by atoms with Crippen LogP contribution in [0.4, 0.5) is 0 Å². The smallest absolute Gasteiger partial charge is 0.342 e. The number of carbonyl (C=O) groups is 2. The molecule has 0 unspecified atom stereocenters. The molecule has 1 heterocycles. The fourth-order valence-corrected chi connectivity index (χ4v) is 2.66. The molecule has 2 N–H and O–H groups in total. The van der Waals surface area contributed by atoms with Crippen LogP contribution in [0.25, 0.3) is 0 Å². The van der Waals surface area contributed by atoms with Crippen molar-refractivity contribution in [2.45, 2.75) is 27.1 Å². The highest BCUT2D eigenvalue weighted by Crippen LogP contribution is 2.22. The highest BCUT2D eigenvalue weighted by atomic mass is 16.5. The Morgan fingerprint density at radius 1 is 1.07 bits per heavy atom. The minimum Gasteiger partial charge on any atom is -0.488 e. The number of nitrogens with two attached hydrogens (primary N) is 1. The van der Waals surface area contributed by atoms with Crippen LogP contribution in [-0.2, 0) is 18.0 Å². The summed E-state index contributed by atoms with van der Waals surface area (Å²) in [5.74, 6) is 0.00960. The predicted molar refractivity (Wildman–Crippen MR) is 101 cm³/mol. The lowest BCUT2D eigenvalue weighted by Gasteiger charge is -2.11. The molecule has 1 amide bonds. The van der Waals surface area contributed by atoms with Crippen molar-refractivity contribution < 1.29 is 23.6 Å². The first-order valence-electron chi connectivity index (χ1n) is 8.65. The van der Waals surface area contributed by atoms with Crippen molar-refractivity contribution in [1.82, 2.24) is 5.16 Å². The third-order valence-corrected chi connectivity index (χ3v) is 4.24. The second-order valence-electron chi connectivity index (χ2n) is 6.23. The lowest BCUT2D eigenvalue weighted by atomic mass is 10.1. The molecule has 0 aliphatic heterocycles. The summed E-state index contributed by atoms with van der Waals surface area (Å²) in [6.45, 7) is 3.87. The summed E-state index contributed by atoms with van der Waals surface area (Å²) in [5, 5.41) is 3.89. The van der Waals surface area contributed by atoms with E-state index >= 15 is 0 Å². The van der Waals surface area contributed by atoms with Crippen LogP contribution in [0.1, 0.15) is 43.3 Å². The molecule has 144 valence electrons. The van der Waals surface area contributed by atoms with Gasteiger partial charge in [0.1, 0.15) is 30.3 Å². The zero-order chi connectivity index (χ0) is 20.1. The Kier molecular flexibility index (Phi) is 5.74. The minimum atomic E-state index is -0.536. The van der Waals surface area contributed by atoms with E-state index in [1.807, 2.05) is 6.92 Å². The van der Waals surface area contributed by atoms with Gasteiger partial charge in [-0.1, -0.05) is 29.4 Å². The monoisotopic (exact) mass is 380 g/mol.